The van der Waals surface area contributed by atoms with E-state index in [4.69, 9.17) is 0 Å². The summed E-state index contributed by atoms with van der Waals surface area (Å²) >= 11 is 1.54. The van der Waals surface area contributed by atoms with E-state index in [1.165, 1.54) is 18.7 Å². The second-order valence-corrected chi connectivity index (χ2v) is 6.31. The Bertz CT molecular complexity index is 855. The highest BCUT2D eigenvalue weighted by Gasteiger charge is 2.24. The molecule has 0 unspecified atom stereocenters. The molecule has 0 fully saturated rings. The lowest BCUT2D eigenvalue weighted by molar-refractivity contribution is -0.124. The van der Waals surface area contributed by atoms with Crippen LogP contribution in [0.2, 0.25) is 0 Å². The molecular weight excluding hydrogens is 318 g/mol. The molecule has 3 rings (SSSR count). The van der Waals surface area contributed by atoms with Crippen LogP contribution in [0.3, 0.4) is 0 Å². The van der Waals surface area contributed by atoms with Crippen molar-refractivity contribution in [1.29, 1.82) is 0 Å². The Morgan fingerprint density at radius 2 is 1.29 bits per heavy atom. The molecule has 3 aromatic rings. The molecule has 2 aromatic carbocycles. The Morgan fingerprint density at radius 1 is 0.792 bits per heavy atom. The summed E-state index contributed by atoms with van der Waals surface area (Å²) in [5, 5.41) is 1.88. The van der Waals surface area contributed by atoms with Crippen molar-refractivity contribution in [1.82, 2.24) is 0 Å². The first-order valence-electron chi connectivity index (χ1n) is 7.63. The summed E-state index contributed by atoms with van der Waals surface area (Å²) in [5.74, 6) is -0.561. The summed E-state index contributed by atoms with van der Waals surface area (Å²) < 4.78 is 0. The highest BCUT2D eigenvalue weighted by atomic mass is 32.1. The fourth-order valence-electron chi connectivity index (χ4n) is 2.76. The summed E-state index contributed by atoms with van der Waals surface area (Å²) in [4.78, 5) is 26.3. The zero-order valence-corrected chi connectivity index (χ0v) is 14.3. The van der Waals surface area contributed by atoms with E-state index in [1.807, 2.05) is 66.0 Å². The second kappa shape index (κ2) is 6.81. The van der Waals surface area contributed by atoms with Gasteiger partial charge in [-0.05, 0) is 11.1 Å². The lowest BCUT2D eigenvalue weighted by Crippen LogP contribution is -2.33. The molecule has 24 heavy (non-hydrogen) atoms. The van der Waals surface area contributed by atoms with Crippen LogP contribution >= 0.6 is 11.3 Å². The van der Waals surface area contributed by atoms with Gasteiger partial charge in [0.2, 0.25) is 11.8 Å². The van der Waals surface area contributed by atoms with E-state index in [-0.39, 0.29) is 11.8 Å². The molecule has 0 aliphatic heterocycles. The number of benzene rings is 2. The number of anilines is 1. The van der Waals surface area contributed by atoms with E-state index in [1.54, 1.807) is 11.3 Å². The van der Waals surface area contributed by atoms with Crippen LogP contribution in [0.15, 0.2) is 66.0 Å². The van der Waals surface area contributed by atoms with Crippen molar-refractivity contribution in [2.75, 3.05) is 4.90 Å². The molecule has 3 nitrogen and oxygen atoms in total. The molecule has 0 radical (unpaired) electrons. The third-order valence-electron chi connectivity index (χ3n) is 3.74. The van der Waals surface area contributed by atoms with Gasteiger partial charge < -0.3 is 0 Å². The number of imide groups is 1. The fraction of sp³-hybridized carbons (Fsp3) is 0.100. The predicted octanol–water partition coefficient (Wildman–Crippen LogP) is 4.98. The van der Waals surface area contributed by atoms with Gasteiger partial charge in [-0.15, -0.1) is 11.3 Å². The van der Waals surface area contributed by atoms with Crippen LogP contribution in [0.4, 0.5) is 5.69 Å². The highest BCUT2D eigenvalue weighted by Crippen LogP contribution is 2.44. The summed E-state index contributed by atoms with van der Waals surface area (Å²) in [6.45, 7) is 2.83. The van der Waals surface area contributed by atoms with Gasteiger partial charge in [0.05, 0.1) is 5.69 Å². The number of rotatable bonds is 3. The summed E-state index contributed by atoms with van der Waals surface area (Å²) in [5.41, 5.74) is 3.61. The van der Waals surface area contributed by atoms with Crippen LogP contribution in [0.25, 0.3) is 21.6 Å². The zero-order chi connectivity index (χ0) is 17.1. The number of amides is 2. The molecule has 0 aliphatic rings. The van der Waals surface area contributed by atoms with Gasteiger partial charge in [0.25, 0.3) is 0 Å². The summed E-state index contributed by atoms with van der Waals surface area (Å²) in [7, 11) is 0. The van der Waals surface area contributed by atoms with Gasteiger partial charge in [-0.1, -0.05) is 60.7 Å². The minimum atomic E-state index is -0.280. The van der Waals surface area contributed by atoms with E-state index >= 15 is 0 Å². The molecule has 120 valence electrons. The maximum Gasteiger partial charge on any atom is 0.230 e. The first-order valence-corrected chi connectivity index (χ1v) is 8.51. The van der Waals surface area contributed by atoms with Crippen LogP contribution in [0.1, 0.15) is 13.8 Å². The molecule has 0 spiro atoms. The largest absolute Gasteiger partial charge is 0.274 e. The molecule has 0 N–H and O–H groups in total. The summed E-state index contributed by atoms with van der Waals surface area (Å²) in [6, 6.07) is 19.9. The number of thiophene rings is 1. The van der Waals surface area contributed by atoms with Gasteiger partial charge in [-0.3, -0.25) is 9.59 Å². The predicted molar refractivity (Wildman–Crippen MR) is 99.0 cm³/mol. The quantitative estimate of drug-likeness (QED) is 0.677. The second-order valence-electron chi connectivity index (χ2n) is 5.43. The van der Waals surface area contributed by atoms with Crippen LogP contribution in [0.5, 0.6) is 0 Å². The fourth-order valence-corrected chi connectivity index (χ4v) is 3.83. The maximum absolute atomic E-state index is 12.0. The van der Waals surface area contributed by atoms with Gasteiger partial charge in [-0.25, -0.2) is 4.90 Å². The van der Waals surface area contributed by atoms with Crippen LogP contribution in [0, 0.1) is 0 Å². The Morgan fingerprint density at radius 3 is 1.79 bits per heavy atom. The van der Waals surface area contributed by atoms with E-state index in [0.29, 0.717) is 5.69 Å². The lowest BCUT2D eigenvalue weighted by atomic mass is 10.0. The van der Waals surface area contributed by atoms with Gasteiger partial charge in [0.1, 0.15) is 0 Å². The normalized spacial score (nSPS) is 10.4. The molecule has 0 bridgehead atoms. The molecule has 0 atom stereocenters. The molecule has 0 saturated heterocycles. The monoisotopic (exact) mass is 335 g/mol. The number of nitrogens with zero attached hydrogens (tertiary/aromatic N) is 1. The third-order valence-corrected chi connectivity index (χ3v) is 4.76. The third kappa shape index (κ3) is 3.01. The van der Waals surface area contributed by atoms with Gasteiger partial charge in [0.15, 0.2) is 0 Å². The maximum atomic E-state index is 12.0. The number of carbonyl (C=O) groups is 2. The molecule has 4 heteroatoms. The topological polar surface area (TPSA) is 37.4 Å². The SMILES string of the molecule is CC(=O)N(C(C)=O)c1csc(-c2ccccc2)c1-c1ccccc1. The van der Waals surface area contributed by atoms with Crippen LogP contribution in [-0.4, -0.2) is 11.8 Å². The number of hydrogen-bond donors (Lipinski definition) is 0. The van der Waals surface area contributed by atoms with Crippen molar-refractivity contribution < 1.29 is 9.59 Å². The minimum Gasteiger partial charge on any atom is -0.274 e. The molecule has 0 saturated carbocycles. The smallest absolute Gasteiger partial charge is 0.230 e. The van der Waals surface area contributed by atoms with Gasteiger partial charge >= 0.3 is 0 Å². The van der Waals surface area contributed by atoms with E-state index in [9.17, 15) is 9.59 Å². The molecule has 1 heterocycles. The first kappa shape index (κ1) is 16.1. The van der Waals surface area contributed by atoms with Crippen LogP contribution < -0.4 is 4.90 Å². The van der Waals surface area contributed by atoms with Crippen molar-refractivity contribution in [3.05, 3.63) is 66.0 Å². The Balaban J connectivity index is 2.26. The molecule has 2 amide bonds. The average molecular weight is 335 g/mol. The van der Waals surface area contributed by atoms with Crippen molar-refractivity contribution in [2.24, 2.45) is 0 Å². The Kier molecular flexibility index (Phi) is 4.58. The van der Waals surface area contributed by atoms with Crippen LogP contribution in [-0.2, 0) is 9.59 Å². The van der Waals surface area contributed by atoms with Gasteiger partial charge in [-0.2, -0.15) is 0 Å². The zero-order valence-electron chi connectivity index (χ0n) is 13.5. The number of carbonyl (C=O) groups excluding carboxylic acids is 2. The molecule has 1 aromatic heterocycles. The molecular formula is C20H17NO2S. The standard InChI is InChI=1S/C20H17NO2S/c1-14(22)21(15(2)23)18-13-24-20(17-11-7-4-8-12-17)19(18)16-9-5-3-6-10-16/h3-13H,1-2H3. The summed E-state index contributed by atoms with van der Waals surface area (Å²) in [6.07, 6.45) is 0. The first-order chi connectivity index (χ1) is 11.6. The van der Waals surface area contributed by atoms with Crippen molar-refractivity contribution in [2.45, 2.75) is 13.8 Å². The minimum absolute atomic E-state index is 0.280. The Labute approximate surface area is 145 Å². The lowest BCUT2D eigenvalue weighted by Gasteiger charge is -2.18. The average Bonchev–Trinajstić information content (AvgIpc) is 3.00. The Hall–Kier alpha value is -2.72. The van der Waals surface area contributed by atoms with E-state index in [0.717, 1.165) is 21.6 Å². The van der Waals surface area contributed by atoms with Crippen molar-refractivity contribution >= 4 is 28.8 Å². The van der Waals surface area contributed by atoms with E-state index in [2.05, 4.69) is 0 Å². The van der Waals surface area contributed by atoms with E-state index < -0.39 is 0 Å². The van der Waals surface area contributed by atoms with Gasteiger partial charge in [0, 0.05) is 29.7 Å². The van der Waals surface area contributed by atoms with Crippen molar-refractivity contribution in [3.63, 3.8) is 0 Å². The molecule has 0 aliphatic carbocycles. The number of hydrogen-bond acceptors (Lipinski definition) is 3. The highest BCUT2D eigenvalue weighted by molar-refractivity contribution is 7.14. The van der Waals surface area contributed by atoms with Crippen molar-refractivity contribution in [3.8, 4) is 21.6 Å².